The number of nitrogens with zero attached hydrogens (tertiary/aromatic N) is 1. The van der Waals surface area contributed by atoms with E-state index in [0.29, 0.717) is 18.6 Å². The number of likely N-dealkylation sites (N-methyl/N-ethyl adjacent to an activating group) is 1. The number of thioether (sulfide) groups is 1. The molecule has 0 bridgehead atoms. The minimum atomic E-state index is 0.322. The molecule has 2 unspecified atom stereocenters. The van der Waals surface area contributed by atoms with Crippen LogP contribution in [0.25, 0.3) is 0 Å². The first-order chi connectivity index (χ1) is 8.63. The average molecular weight is 266 g/mol. The smallest absolute Gasteiger partial charge is 0.0470 e. The Kier molecular flexibility index (Phi) is 6.76. The predicted molar refractivity (Wildman–Crippen MR) is 82.2 cm³/mol. The fourth-order valence-corrected chi connectivity index (χ4v) is 2.70. The van der Waals surface area contributed by atoms with Crippen molar-refractivity contribution in [3.8, 4) is 0 Å². The SMILES string of the molecule is CCCC(C)N(C)C(CN)c1ccc(SC)cc1. The van der Waals surface area contributed by atoms with E-state index >= 15 is 0 Å². The summed E-state index contributed by atoms with van der Waals surface area (Å²) in [5.74, 6) is 0. The molecule has 0 saturated carbocycles. The molecule has 2 N–H and O–H groups in total. The monoisotopic (exact) mass is 266 g/mol. The van der Waals surface area contributed by atoms with Crippen molar-refractivity contribution in [2.75, 3.05) is 19.8 Å². The van der Waals surface area contributed by atoms with Crippen LogP contribution in [-0.4, -0.2) is 30.8 Å². The molecule has 0 amide bonds. The number of rotatable bonds is 7. The molecule has 1 aromatic rings. The second kappa shape index (κ2) is 7.82. The van der Waals surface area contributed by atoms with E-state index in [1.54, 1.807) is 11.8 Å². The van der Waals surface area contributed by atoms with E-state index in [4.69, 9.17) is 5.73 Å². The van der Waals surface area contributed by atoms with Crippen molar-refractivity contribution in [2.45, 2.75) is 43.7 Å². The Morgan fingerprint density at radius 2 is 1.89 bits per heavy atom. The Morgan fingerprint density at radius 3 is 2.33 bits per heavy atom. The van der Waals surface area contributed by atoms with Crippen LogP contribution in [0.3, 0.4) is 0 Å². The van der Waals surface area contributed by atoms with Gasteiger partial charge in [-0.25, -0.2) is 0 Å². The van der Waals surface area contributed by atoms with Gasteiger partial charge in [0.1, 0.15) is 0 Å². The Balaban J connectivity index is 2.80. The van der Waals surface area contributed by atoms with Crippen molar-refractivity contribution in [3.05, 3.63) is 29.8 Å². The van der Waals surface area contributed by atoms with Gasteiger partial charge in [0, 0.05) is 23.5 Å². The number of hydrogen-bond donors (Lipinski definition) is 1. The van der Waals surface area contributed by atoms with E-state index in [-0.39, 0.29) is 0 Å². The lowest BCUT2D eigenvalue weighted by molar-refractivity contribution is 0.180. The molecule has 0 heterocycles. The lowest BCUT2D eigenvalue weighted by Gasteiger charge is -2.32. The Labute approximate surface area is 116 Å². The number of benzene rings is 1. The minimum Gasteiger partial charge on any atom is -0.329 e. The normalized spacial score (nSPS) is 14.8. The summed E-state index contributed by atoms with van der Waals surface area (Å²) in [5, 5.41) is 0. The zero-order chi connectivity index (χ0) is 13.5. The highest BCUT2D eigenvalue weighted by Crippen LogP contribution is 2.24. The fraction of sp³-hybridized carbons (Fsp3) is 0.600. The van der Waals surface area contributed by atoms with E-state index in [2.05, 4.69) is 56.3 Å². The summed E-state index contributed by atoms with van der Waals surface area (Å²) >= 11 is 1.77. The molecular weight excluding hydrogens is 240 g/mol. The molecule has 0 radical (unpaired) electrons. The van der Waals surface area contributed by atoms with Gasteiger partial charge >= 0.3 is 0 Å². The van der Waals surface area contributed by atoms with Crippen LogP contribution in [0.1, 0.15) is 38.3 Å². The lowest BCUT2D eigenvalue weighted by Crippen LogP contribution is -2.36. The molecular formula is C15H26N2S. The third-order valence-corrected chi connectivity index (χ3v) is 4.36. The molecule has 3 heteroatoms. The molecule has 0 aromatic heterocycles. The molecule has 0 fully saturated rings. The second-order valence-corrected chi connectivity index (χ2v) is 5.71. The summed E-state index contributed by atoms with van der Waals surface area (Å²) in [6.45, 7) is 5.18. The summed E-state index contributed by atoms with van der Waals surface area (Å²) in [4.78, 5) is 3.70. The van der Waals surface area contributed by atoms with Crippen LogP contribution in [0.5, 0.6) is 0 Å². The van der Waals surface area contributed by atoms with Crippen LogP contribution in [0, 0.1) is 0 Å². The van der Waals surface area contributed by atoms with E-state index in [1.807, 2.05) is 0 Å². The third-order valence-electron chi connectivity index (χ3n) is 3.62. The van der Waals surface area contributed by atoms with Crippen molar-refractivity contribution >= 4 is 11.8 Å². The van der Waals surface area contributed by atoms with E-state index in [0.717, 1.165) is 0 Å². The zero-order valence-corrected chi connectivity index (χ0v) is 12.8. The van der Waals surface area contributed by atoms with Crippen LogP contribution < -0.4 is 5.73 Å². The lowest BCUT2D eigenvalue weighted by atomic mass is 10.0. The first kappa shape index (κ1) is 15.5. The highest BCUT2D eigenvalue weighted by molar-refractivity contribution is 7.98. The first-order valence-electron chi connectivity index (χ1n) is 6.70. The molecule has 0 aliphatic rings. The number of hydrogen-bond acceptors (Lipinski definition) is 3. The van der Waals surface area contributed by atoms with Crippen LogP contribution >= 0.6 is 11.8 Å². The van der Waals surface area contributed by atoms with Crippen LogP contribution in [0.4, 0.5) is 0 Å². The van der Waals surface area contributed by atoms with Crippen LogP contribution in [0.2, 0.25) is 0 Å². The van der Waals surface area contributed by atoms with Gasteiger partial charge in [-0.05, 0) is 44.3 Å². The highest BCUT2D eigenvalue weighted by Gasteiger charge is 2.19. The minimum absolute atomic E-state index is 0.322. The molecule has 102 valence electrons. The quantitative estimate of drug-likeness (QED) is 0.766. The molecule has 1 aromatic carbocycles. The van der Waals surface area contributed by atoms with Crippen molar-refractivity contribution in [1.29, 1.82) is 0 Å². The van der Waals surface area contributed by atoms with Gasteiger partial charge in [-0.2, -0.15) is 0 Å². The largest absolute Gasteiger partial charge is 0.329 e. The van der Waals surface area contributed by atoms with E-state index in [9.17, 15) is 0 Å². The van der Waals surface area contributed by atoms with Gasteiger partial charge in [0.15, 0.2) is 0 Å². The van der Waals surface area contributed by atoms with E-state index in [1.165, 1.54) is 23.3 Å². The maximum absolute atomic E-state index is 5.96. The number of nitrogens with two attached hydrogens (primary N) is 1. The van der Waals surface area contributed by atoms with Crippen molar-refractivity contribution < 1.29 is 0 Å². The molecule has 2 nitrogen and oxygen atoms in total. The molecule has 0 aliphatic heterocycles. The fourth-order valence-electron chi connectivity index (χ4n) is 2.29. The average Bonchev–Trinajstić information content (AvgIpc) is 2.40. The summed E-state index contributed by atoms with van der Waals surface area (Å²) < 4.78 is 0. The molecule has 0 spiro atoms. The van der Waals surface area contributed by atoms with Crippen molar-refractivity contribution in [1.82, 2.24) is 4.90 Å². The second-order valence-electron chi connectivity index (χ2n) is 4.83. The van der Waals surface area contributed by atoms with Crippen molar-refractivity contribution in [2.24, 2.45) is 5.73 Å². The van der Waals surface area contributed by atoms with Gasteiger partial charge in [0.05, 0.1) is 0 Å². The maximum atomic E-state index is 5.96. The van der Waals surface area contributed by atoms with Gasteiger partial charge in [-0.3, -0.25) is 4.90 Å². The van der Waals surface area contributed by atoms with Crippen LogP contribution in [-0.2, 0) is 0 Å². The summed E-state index contributed by atoms with van der Waals surface area (Å²) in [6.07, 6.45) is 4.54. The molecule has 0 aliphatic carbocycles. The van der Waals surface area contributed by atoms with Gasteiger partial charge in [-0.1, -0.05) is 25.5 Å². The first-order valence-corrected chi connectivity index (χ1v) is 7.92. The summed E-state index contributed by atoms with van der Waals surface area (Å²) in [5.41, 5.74) is 7.28. The van der Waals surface area contributed by atoms with Crippen molar-refractivity contribution in [3.63, 3.8) is 0 Å². The van der Waals surface area contributed by atoms with Gasteiger partial charge in [-0.15, -0.1) is 11.8 Å². The molecule has 1 rings (SSSR count). The van der Waals surface area contributed by atoms with Crippen LogP contribution in [0.15, 0.2) is 29.2 Å². The Hall–Kier alpha value is -0.510. The molecule has 2 atom stereocenters. The maximum Gasteiger partial charge on any atom is 0.0470 e. The molecule has 0 saturated heterocycles. The summed E-state index contributed by atoms with van der Waals surface area (Å²) in [7, 11) is 2.18. The molecule has 18 heavy (non-hydrogen) atoms. The Bertz CT molecular complexity index is 337. The standard InChI is InChI=1S/C15H26N2S/c1-5-6-12(2)17(3)15(11-16)13-7-9-14(18-4)10-8-13/h7-10,12,15H,5-6,11,16H2,1-4H3. The predicted octanol–water partition coefficient (Wildman–Crippen LogP) is 3.53. The summed E-state index contributed by atoms with van der Waals surface area (Å²) in [6, 6.07) is 9.67. The van der Waals surface area contributed by atoms with Gasteiger partial charge in [0.2, 0.25) is 0 Å². The third kappa shape index (κ3) is 4.01. The Morgan fingerprint density at radius 1 is 1.28 bits per heavy atom. The highest BCUT2D eigenvalue weighted by atomic mass is 32.2. The zero-order valence-electron chi connectivity index (χ0n) is 12.0. The topological polar surface area (TPSA) is 29.3 Å². The van der Waals surface area contributed by atoms with Gasteiger partial charge < -0.3 is 5.73 Å². The van der Waals surface area contributed by atoms with Gasteiger partial charge in [0.25, 0.3) is 0 Å². The van der Waals surface area contributed by atoms with E-state index < -0.39 is 0 Å².